The number of fused-ring (bicyclic) bond motifs is 1. The smallest absolute Gasteiger partial charge is 0.285 e. The van der Waals surface area contributed by atoms with Gasteiger partial charge in [-0.1, -0.05) is 19.3 Å². The van der Waals surface area contributed by atoms with Crippen LogP contribution in [0.5, 0.6) is 0 Å². The molecule has 1 fully saturated rings. The van der Waals surface area contributed by atoms with E-state index in [2.05, 4.69) is 20.3 Å². The second kappa shape index (κ2) is 6.98. The lowest BCUT2D eigenvalue weighted by atomic mass is 9.96. The summed E-state index contributed by atoms with van der Waals surface area (Å²) in [6.45, 7) is 3.96. The minimum Gasteiger partial charge on any atom is -0.285 e. The minimum absolute atomic E-state index is 0.0536. The van der Waals surface area contributed by atoms with E-state index in [0.717, 1.165) is 29.7 Å². The highest BCUT2D eigenvalue weighted by Gasteiger charge is 2.22. The number of nitrogens with one attached hydrogen (secondary N) is 1. The topological polar surface area (TPSA) is 98.7 Å². The van der Waals surface area contributed by atoms with Crippen LogP contribution in [-0.2, 0) is 0 Å². The minimum atomic E-state index is -0.162. The van der Waals surface area contributed by atoms with Crippen molar-refractivity contribution < 1.29 is 0 Å². The van der Waals surface area contributed by atoms with Crippen LogP contribution >= 0.6 is 0 Å². The van der Waals surface area contributed by atoms with Crippen molar-refractivity contribution in [3.63, 3.8) is 0 Å². The summed E-state index contributed by atoms with van der Waals surface area (Å²) in [4.78, 5) is 17.6. The molecule has 9 heteroatoms. The third-order valence-electron chi connectivity index (χ3n) is 5.69. The standard InChI is InChI=1S/C20H24N8O/c1-13(2)27-18(15-10-24-26(12-15)16-6-4-3-5-7-16)25-28-17(14-8-22-23-9-14)11-21-19(28)20(27)29/h8-13,16H,3-7H2,1-2H3,(H,22,23). The fraction of sp³-hybridized carbons (Fsp3) is 0.450. The van der Waals surface area contributed by atoms with Crippen molar-refractivity contribution in [3.8, 4) is 22.6 Å². The number of nitrogens with zero attached hydrogens (tertiary/aromatic N) is 7. The Hall–Kier alpha value is -3.23. The zero-order chi connectivity index (χ0) is 20.0. The van der Waals surface area contributed by atoms with Crippen LogP contribution < -0.4 is 5.56 Å². The van der Waals surface area contributed by atoms with E-state index in [4.69, 9.17) is 5.10 Å². The molecular formula is C20H24N8O. The van der Waals surface area contributed by atoms with E-state index >= 15 is 0 Å². The summed E-state index contributed by atoms with van der Waals surface area (Å²) in [6.07, 6.45) is 15.0. The van der Waals surface area contributed by atoms with Gasteiger partial charge in [-0.25, -0.2) is 9.50 Å². The molecule has 0 radical (unpaired) electrons. The van der Waals surface area contributed by atoms with E-state index < -0.39 is 0 Å². The van der Waals surface area contributed by atoms with Crippen molar-refractivity contribution in [1.29, 1.82) is 0 Å². The molecule has 0 spiro atoms. The molecule has 4 heterocycles. The van der Waals surface area contributed by atoms with Gasteiger partial charge in [-0.3, -0.25) is 19.1 Å². The Morgan fingerprint density at radius 3 is 2.66 bits per heavy atom. The first-order valence-electron chi connectivity index (χ1n) is 10.2. The summed E-state index contributed by atoms with van der Waals surface area (Å²) in [5, 5.41) is 16.2. The van der Waals surface area contributed by atoms with Crippen LogP contribution in [0.15, 0.2) is 35.8 Å². The van der Waals surface area contributed by atoms with Crippen LogP contribution in [0.25, 0.3) is 28.3 Å². The Morgan fingerprint density at radius 1 is 1.10 bits per heavy atom. The number of hydrogen-bond acceptors (Lipinski definition) is 5. The Labute approximate surface area is 167 Å². The molecule has 5 rings (SSSR count). The second-order valence-corrected chi connectivity index (χ2v) is 7.96. The van der Waals surface area contributed by atoms with Crippen molar-refractivity contribution in [2.45, 2.75) is 58.0 Å². The molecule has 1 N–H and O–H groups in total. The summed E-state index contributed by atoms with van der Waals surface area (Å²) >= 11 is 0. The number of rotatable bonds is 4. The lowest BCUT2D eigenvalue weighted by molar-refractivity contribution is 0.329. The zero-order valence-corrected chi connectivity index (χ0v) is 16.6. The average Bonchev–Trinajstić information content (AvgIpc) is 3.47. The van der Waals surface area contributed by atoms with E-state index in [-0.39, 0.29) is 11.6 Å². The summed E-state index contributed by atoms with van der Waals surface area (Å²) < 4.78 is 5.35. The zero-order valence-electron chi connectivity index (χ0n) is 16.6. The highest BCUT2D eigenvalue weighted by molar-refractivity contribution is 5.62. The van der Waals surface area contributed by atoms with Crippen LogP contribution in [0.1, 0.15) is 58.0 Å². The first-order chi connectivity index (χ1) is 14.1. The predicted molar refractivity (Wildman–Crippen MR) is 109 cm³/mol. The molecule has 150 valence electrons. The van der Waals surface area contributed by atoms with Crippen molar-refractivity contribution in [2.75, 3.05) is 0 Å². The summed E-state index contributed by atoms with van der Waals surface area (Å²) in [5.41, 5.74) is 2.54. The summed E-state index contributed by atoms with van der Waals surface area (Å²) in [7, 11) is 0. The van der Waals surface area contributed by atoms with E-state index in [1.165, 1.54) is 19.3 Å². The van der Waals surface area contributed by atoms with Gasteiger partial charge in [-0.2, -0.15) is 10.2 Å². The fourth-order valence-electron chi connectivity index (χ4n) is 4.20. The van der Waals surface area contributed by atoms with Crippen molar-refractivity contribution in [3.05, 3.63) is 41.3 Å². The fourth-order valence-corrected chi connectivity index (χ4v) is 4.20. The lowest BCUT2D eigenvalue weighted by Crippen LogP contribution is -2.27. The molecule has 1 aliphatic rings. The van der Waals surface area contributed by atoms with Crippen molar-refractivity contribution >= 4 is 5.65 Å². The van der Waals surface area contributed by atoms with Crippen LogP contribution in [0, 0.1) is 0 Å². The van der Waals surface area contributed by atoms with Crippen LogP contribution in [0.3, 0.4) is 0 Å². The van der Waals surface area contributed by atoms with Gasteiger partial charge in [0.25, 0.3) is 5.56 Å². The van der Waals surface area contributed by atoms with Gasteiger partial charge in [-0.05, 0) is 26.7 Å². The number of H-pyrrole nitrogens is 1. The Kier molecular flexibility index (Phi) is 4.30. The molecule has 9 nitrogen and oxygen atoms in total. The highest BCUT2D eigenvalue weighted by Crippen LogP contribution is 2.29. The lowest BCUT2D eigenvalue weighted by Gasteiger charge is -2.21. The third-order valence-corrected chi connectivity index (χ3v) is 5.69. The van der Waals surface area contributed by atoms with Gasteiger partial charge in [0.05, 0.1) is 35.9 Å². The molecule has 0 atom stereocenters. The SMILES string of the molecule is CC(C)n1c(-c2cnn(C3CCCCC3)c2)nn2c(-c3cn[nH]c3)cnc2c1=O. The second-order valence-electron chi connectivity index (χ2n) is 7.96. The first kappa shape index (κ1) is 17.8. The maximum atomic E-state index is 13.2. The Morgan fingerprint density at radius 2 is 1.93 bits per heavy atom. The van der Waals surface area contributed by atoms with Crippen LogP contribution in [0.4, 0.5) is 0 Å². The molecule has 0 aliphatic heterocycles. The largest absolute Gasteiger partial charge is 0.297 e. The van der Waals surface area contributed by atoms with Crippen molar-refractivity contribution in [2.24, 2.45) is 0 Å². The molecule has 4 aromatic rings. The molecule has 0 amide bonds. The number of imidazole rings is 1. The van der Waals surface area contributed by atoms with Crippen LogP contribution in [0.2, 0.25) is 0 Å². The summed E-state index contributed by atoms with van der Waals surface area (Å²) in [5.74, 6) is 0.599. The average molecular weight is 392 g/mol. The van der Waals surface area contributed by atoms with Gasteiger partial charge in [0, 0.05) is 24.0 Å². The van der Waals surface area contributed by atoms with Gasteiger partial charge < -0.3 is 0 Å². The van der Waals surface area contributed by atoms with E-state index in [1.54, 1.807) is 27.7 Å². The number of hydrogen-bond donors (Lipinski definition) is 1. The van der Waals surface area contributed by atoms with Gasteiger partial charge in [-0.15, -0.1) is 5.10 Å². The van der Waals surface area contributed by atoms with Crippen LogP contribution in [-0.4, -0.2) is 39.1 Å². The number of aromatic amines is 1. The molecule has 0 aromatic carbocycles. The van der Waals surface area contributed by atoms with Gasteiger partial charge in [0.1, 0.15) is 0 Å². The Bertz CT molecular complexity index is 1190. The van der Waals surface area contributed by atoms with E-state index in [1.807, 2.05) is 30.9 Å². The Balaban J connectivity index is 1.68. The molecule has 29 heavy (non-hydrogen) atoms. The van der Waals surface area contributed by atoms with E-state index in [0.29, 0.717) is 17.5 Å². The molecular weight excluding hydrogens is 368 g/mol. The van der Waals surface area contributed by atoms with Gasteiger partial charge in [0.2, 0.25) is 5.65 Å². The normalized spacial score (nSPS) is 15.6. The first-order valence-corrected chi connectivity index (χ1v) is 10.2. The van der Waals surface area contributed by atoms with Gasteiger partial charge >= 0.3 is 0 Å². The maximum absolute atomic E-state index is 13.2. The monoisotopic (exact) mass is 392 g/mol. The highest BCUT2D eigenvalue weighted by atomic mass is 16.1. The van der Waals surface area contributed by atoms with Gasteiger partial charge in [0.15, 0.2) is 5.82 Å². The maximum Gasteiger partial charge on any atom is 0.297 e. The molecule has 0 unspecified atom stereocenters. The molecule has 1 aliphatic carbocycles. The van der Waals surface area contributed by atoms with Crippen molar-refractivity contribution in [1.82, 2.24) is 39.1 Å². The third kappa shape index (κ3) is 2.97. The van der Waals surface area contributed by atoms with E-state index in [9.17, 15) is 4.79 Å². The molecule has 0 bridgehead atoms. The summed E-state index contributed by atoms with van der Waals surface area (Å²) in [6, 6.07) is 0.372. The predicted octanol–water partition coefficient (Wildman–Crippen LogP) is 3.23. The molecule has 4 aromatic heterocycles. The quantitative estimate of drug-likeness (QED) is 0.575. The molecule has 1 saturated carbocycles. The molecule has 0 saturated heterocycles. The number of aromatic nitrogens is 8.